The van der Waals surface area contributed by atoms with Crippen LogP contribution in [0.5, 0.6) is 0 Å². The molecule has 0 aromatic heterocycles. The molecular weight excluding hydrogens is 262 g/mol. The smallest absolute Gasteiger partial charge is 0.550 e. The maximum Gasteiger partial charge on any atom is 1.00 e. The third kappa shape index (κ3) is 3.40. The first-order valence-corrected chi connectivity index (χ1v) is 4.66. The first kappa shape index (κ1) is 20.5. The largest absolute Gasteiger partial charge is 1.00 e. The van der Waals surface area contributed by atoms with Gasteiger partial charge in [0.25, 0.3) is 0 Å². The van der Waals surface area contributed by atoms with E-state index in [4.69, 9.17) is 0 Å². The van der Waals surface area contributed by atoms with Crippen LogP contribution in [0, 0.1) is 16.7 Å². The standard InChI is InChI=1S/C10H16O4.2K/c1-9(2)6(7(11)12)4-5-10(9,3)8(13)14;;/h6H,4-5H2,1-3H3,(H,11,12)(H,13,14);;/q;2*+1/p-2. The molecule has 1 rings (SSSR count). The van der Waals surface area contributed by atoms with Crippen LogP contribution >= 0.6 is 0 Å². The van der Waals surface area contributed by atoms with Gasteiger partial charge >= 0.3 is 103 Å². The summed E-state index contributed by atoms with van der Waals surface area (Å²) in [5.74, 6) is -3.04. The third-order valence-electron chi connectivity index (χ3n) is 3.96. The molecule has 1 fully saturated rings. The summed E-state index contributed by atoms with van der Waals surface area (Å²) in [7, 11) is 0. The van der Waals surface area contributed by atoms with E-state index in [0.717, 1.165) is 0 Å². The van der Waals surface area contributed by atoms with Crippen LogP contribution in [0.2, 0.25) is 0 Å². The van der Waals surface area contributed by atoms with Gasteiger partial charge in [-0.05, 0) is 18.3 Å². The van der Waals surface area contributed by atoms with E-state index in [1.807, 2.05) is 0 Å². The molecule has 4 nitrogen and oxygen atoms in total. The molecule has 0 spiro atoms. The van der Waals surface area contributed by atoms with E-state index in [0.29, 0.717) is 12.8 Å². The topological polar surface area (TPSA) is 80.3 Å². The van der Waals surface area contributed by atoms with Crippen molar-refractivity contribution in [1.29, 1.82) is 0 Å². The summed E-state index contributed by atoms with van der Waals surface area (Å²) in [5.41, 5.74) is -1.89. The number of carbonyl (C=O) groups excluding carboxylic acids is 2. The van der Waals surface area contributed by atoms with Gasteiger partial charge in [-0.3, -0.25) is 0 Å². The predicted molar refractivity (Wildman–Crippen MR) is 44.6 cm³/mol. The van der Waals surface area contributed by atoms with E-state index in [1.165, 1.54) is 0 Å². The monoisotopic (exact) mass is 276 g/mol. The summed E-state index contributed by atoms with van der Waals surface area (Å²) >= 11 is 0. The first-order valence-electron chi connectivity index (χ1n) is 4.66. The molecule has 0 radical (unpaired) electrons. The van der Waals surface area contributed by atoms with Crippen molar-refractivity contribution in [1.82, 2.24) is 0 Å². The Labute approximate surface area is 181 Å². The predicted octanol–water partition coefficient (Wildman–Crippen LogP) is -7.06. The molecule has 0 amide bonds. The summed E-state index contributed by atoms with van der Waals surface area (Å²) in [6, 6.07) is 0. The second-order valence-corrected chi connectivity index (χ2v) is 4.75. The molecule has 0 bridgehead atoms. The van der Waals surface area contributed by atoms with E-state index in [9.17, 15) is 19.8 Å². The van der Waals surface area contributed by atoms with Gasteiger partial charge in [0.05, 0.1) is 0 Å². The number of rotatable bonds is 2. The molecular formula is C10H14K2O4. The quantitative estimate of drug-likeness (QED) is 0.470. The Morgan fingerprint density at radius 3 is 1.75 bits per heavy atom. The summed E-state index contributed by atoms with van der Waals surface area (Å²) in [4.78, 5) is 21.8. The van der Waals surface area contributed by atoms with Crippen molar-refractivity contribution in [3.8, 4) is 0 Å². The number of hydrogen-bond acceptors (Lipinski definition) is 4. The van der Waals surface area contributed by atoms with E-state index in [1.54, 1.807) is 20.8 Å². The Morgan fingerprint density at radius 1 is 1.12 bits per heavy atom. The van der Waals surface area contributed by atoms with Crippen LogP contribution in [-0.2, 0) is 9.59 Å². The normalized spacial score (nSPS) is 31.1. The van der Waals surface area contributed by atoms with E-state index >= 15 is 0 Å². The van der Waals surface area contributed by atoms with Crippen molar-refractivity contribution in [3.05, 3.63) is 0 Å². The van der Waals surface area contributed by atoms with Crippen LogP contribution in [-0.4, -0.2) is 11.9 Å². The van der Waals surface area contributed by atoms with Crippen LogP contribution in [0.4, 0.5) is 0 Å². The summed E-state index contributed by atoms with van der Waals surface area (Å²) < 4.78 is 0. The van der Waals surface area contributed by atoms with Gasteiger partial charge in [-0.15, -0.1) is 0 Å². The van der Waals surface area contributed by atoms with Crippen LogP contribution in [0.25, 0.3) is 0 Å². The zero-order valence-corrected chi connectivity index (χ0v) is 16.9. The fraction of sp³-hybridized carbons (Fsp3) is 0.800. The molecule has 1 aliphatic carbocycles. The summed E-state index contributed by atoms with van der Waals surface area (Å²) in [6.45, 7) is 4.85. The van der Waals surface area contributed by atoms with Gasteiger partial charge in [0, 0.05) is 23.3 Å². The summed E-state index contributed by atoms with van der Waals surface area (Å²) in [6.07, 6.45) is 0.681. The molecule has 2 atom stereocenters. The van der Waals surface area contributed by atoms with Gasteiger partial charge in [-0.2, -0.15) is 0 Å². The minimum Gasteiger partial charge on any atom is -0.550 e. The fourth-order valence-corrected chi connectivity index (χ4v) is 2.28. The van der Waals surface area contributed by atoms with Crippen molar-refractivity contribution in [2.24, 2.45) is 16.7 Å². The zero-order chi connectivity index (χ0) is 11.1. The van der Waals surface area contributed by atoms with Crippen LogP contribution in [0.1, 0.15) is 33.6 Å². The Balaban J connectivity index is 0. The number of aliphatic carboxylic acids is 2. The van der Waals surface area contributed by atoms with Crippen LogP contribution in [0.15, 0.2) is 0 Å². The number of carboxylic acids is 2. The molecule has 2 unspecified atom stereocenters. The maximum absolute atomic E-state index is 11.0. The van der Waals surface area contributed by atoms with Crippen molar-refractivity contribution >= 4 is 11.9 Å². The molecule has 0 saturated heterocycles. The Kier molecular flexibility index (Phi) is 9.13. The Bertz CT molecular complexity index is 291. The average molecular weight is 276 g/mol. The molecule has 0 aromatic carbocycles. The minimum absolute atomic E-state index is 0. The van der Waals surface area contributed by atoms with Gasteiger partial charge < -0.3 is 19.8 Å². The molecule has 0 N–H and O–H groups in total. The van der Waals surface area contributed by atoms with E-state index < -0.39 is 28.7 Å². The van der Waals surface area contributed by atoms with Gasteiger partial charge in [-0.25, -0.2) is 0 Å². The van der Waals surface area contributed by atoms with Gasteiger partial charge in [0.1, 0.15) is 0 Å². The maximum atomic E-state index is 11.0. The molecule has 0 aromatic rings. The first-order chi connectivity index (χ1) is 6.23. The van der Waals surface area contributed by atoms with Gasteiger partial charge in [0.2, 0.25) is 0 Å². The van der Waals surface area contributed by atoms with Crippen molar-refractivity contribution < 1.29 is 123 Å². The molecule has 0 heterocycles. The third-order valence-corrected chi connectivity index (χ3v) is 3.96. The molecule has 6 heteroatoms. The van der Waals surface area contributed by atoms with E-state index in [-0.39, 0.29) is 103 Å². The van der Waals surface area contributed by atoms with E-state index in [2.05, 4.69) is 0 Å². The van der Waals surface area contributed by atoms with Gasteiger partial charge in [-0.1, -0.05) is 20.8 Å². The average Bonchev–Trinajstić information content (AvgIpc) is 2.24. The Morgan fingerprint density at radius 2 is 1.56 bits per heavy atom. The summed E-state index contributed by atoms with van der Waals surface area (Å²) in [5, 5.41) is 21.8. The molecule has 16 heavy (non-hydrogen) atoms. The molecule has 0 aliphatic heterocycles. The Hall–Kier alpha value is 2.21. The van der Waals surface area contributed by atoms with Crippen LogP contribution in [0.3, 0.4) is 0 Å². The zero-order valence-electron chi connectivity index (χ0n) is 10.6. The van der Waals surface area contributed by atoms with Crippen molar-refractivity contribution in [3.63, 3.8) is 0 Å². The number of carboxylic acid groups (broad SMARTS) is 2. The fourth-order valence-electron chi connectivity index (χ4n) is 2.28. The van der Waals surface area contributed by atoms with Crippen molar-refractivity contribution in [2.45, 2.75) is 33.6 Å². The molecule has 1 saturated carbocycles. The molecule has 80 valence electrons. The van der Waals surface area contributed by atoms with Crippen molar-refractivity contribution in [2.75, 3.05) is 0 Å². The number of carbonyl (C=O) groups is 2. The number of hydrogen-bond donors (Lipinski definition) is 0. The SMILES string of the molecule is CC1(C(=O)[O-])CCC(C(=O)[O-])C1(C)C.[K+].[K+]. The second-order valence-electron chi connectivity index (χ2n) is 4.75. The van der Waals surface area contributed by atoms with Crippen LogP contribution < -0.4 is 113 Å². The molecule has 1 aliphatic rings. The minimum atomic E-state index is -1.17. The second kappa shape index (κ2) is 7.12. The van der Waals surface area contributed by atoms with Gasteiger partial charge in [0.15, 0.2) is 0 Å².